The highest BCUT2D eigenvalue weighted by Gasteiger charge is 2.32. The number of unbranched alkanes of at least 4 members (excludes halogenated alkanes) is 1. The van der Waals surface area contributed by atoms with Crippen LogP contribution in [0.15, 0.2) is 17.5 Å². The molecule has 3 unspecified atom stereocenters. The van der Waals surface area contributed by atoms with Crippen LogP contribution in [0.4, 0.5) is 0 Å². The third-order valence-electron chi connectivity index (χ3n) is 3.27. The lowest BCUT2D eigenvalue weighted by Gasteiger charge is -2.25. The molecular formula is C15H27N2O7PS2. The molecule has 0 aliphatic heterocycles. The number of nitrogens with two attached hydrogens (primary N) is 1. The Labute approximate surface area is 166 Å². The monoisotopic (exact) mass is 442 g/mol. The molecule has 1 aromatic heterocycles. The molecule has 12 heteroatoms. The summed E-state index contributed by atoms with van der Waals surface area (Å²) in [5.74, 6) is 0.329. The molecule has 5 N–H and O–H groups in total. The minimum atomic E-state index is -3.63. The summed E-state index contributed by atoms with van der Waals surface area (Å²) < 4.78 is 28.2. The number of ether oxygens (including phenoxy) is 1. The molecule has 3 atom stereocenters. The first-order chi connectivity index (χ1) is 13.0. The van der Waals surface area contributed by atoms with E-state index in [0.717, 1.165) is 11.4 Å². The molecule has 0 bridgehead atoms. The van der Waals surface area contributed by atoms with Crippen LogP contribution in [0.1, 0.15) is 22.5 Å². The van der Waals surface area contributed by atoms with Gasteiger partial charge in [-0.1, -0.05) is 6.07 Å². The standard InChI is InChI=1S/C15H27N2O7PS2/c1-22-14(16)12(11-19)24-25(21,23-8-7-18)27-10-3-2-6-17-15(20)13-5-4-9-26-13/h4-5,9,12,14,18-19H,2-3,6-8,10-11,16H2,1H3,(H,17,20). The van der Waals surface area contributed by atoms with Gasteiger partial charge >= 0.3 is 6.80 Å². The van der Waals surface area contributed by atoms with Crippen LogP contribution >= 0.6 is 29.5 Å². The second kappa shape index (κ2) is 13.6. The normalized spacial score (nSPS) is 15.9. The van der Waals surface area contributed by atoms with E-state index in [-0.39, 0.29) is 19.1 Å². The number of aliphatic hydroxyl groups is 2. The quantitative estimate of drug-likeness (QED) is 0.180. The topological polar surface area (TPSA) is 140 Å². The largest absolute Gasteiger partial charge is 0.394 e. The van der Waals surface area contributed by atoms with Crippen LogP contribution in [-0.2, 0) is 18.3 Å². The number of methoxy groups -OCH3 is 1. The molecule has 0 fully saturated rings. The fourth-order valence-corrected chi connectivity index (χ4v) is 6.10. The maximum absolute atomic E-state index is 12.8. The fourth-order valence-electron chi connectivity index (χ4n) is 1.87. The van der Waals surface area contributed by atoms with Gasteiger partial charge in [0.15, 0.2) is 0 Å². The van der Waals surface area contributed by atoms with E-state index in [1.54, 1.807) is 6.07 Å². The summed E-state index contributed by atoms with van der Waals surface area (Å²) in [6.07, 6.45) is -0.637. The number of hydrogen-bond acceptors (Lipinski definition) is 10. The molecule has 0 aliphatic rings. The fraction of sp³-hybridized carbons (Fsp3) is 0.667. The lowest BCUT2D eigenvalue weighted by Crippen LogP contribution is -2.40. The van der Waals surface area contributed by atoms with Crippen molar-refractivity contribution in [2.24, 2.45) is 5.73 Å². The smallest absolute Gasteiger partial charge is 0.389 e. The Bertz CT molecular complexity index is 577. The molecule has 0 aromatic carbocycles. The average Bonchev–Trinajstić information content (AvgIpc) is 3.21. The predicted molar refractivity (Wildman–Crippen MR) is 106 cm³/mol. The van der Waals surface area contributed by atoms with Crippen LogP contribution in [0.2, 0.25) is 0 Å². The number of amides is 1. The van der Waals surface area contributed by atoms with Gasteiger partial charge in [0.2, 0.25) is 0 Å². The Morgan fingerprint density at radius 1 is 1.44 bits per heavy atom. The Balaban J connectivity index is 2.38. The Morgan fingerprint density at radius 2 is 2.22 bits per heavy atom. The van der Waals surface area contributed by atoms with Crippen LogP contribution in [0.3, 0.4) is 0 Å². The van der Waals surface area contributed by atoms with Crippen molar-refractivity contribution in [1.29, 1.82) is 0 Å². The van der Waals surface area contributed by atoms with Gasteiger partial charge in [0, 0.05) is 19.4 Å². The summed E-state index contributed by atoms with van der Waals surface area (Å²) in [5.41, 5.74) is 5.64. The molecule has 1 amide bonds. The highest BCUT2D eigenvalue weighted by molar-refractivity contribution is 8.55. The second-order valence-electron chi connectivity index (χ2n) is 5.30. The molecule has 1 heterocycles. The summed E-state index contributed by atoms with van der Waals surface area (Å²) in [4.78, 5) is 12.5. The SMILES string of the molecule is COC(N)C(CO)OP(=O)(OCCO)SCCCCNC(=O)c1cccs1. The number of nitrogens with one attached hydrogen (secondary N) is 1. The van der Waals surface area contributed by atoms with E-state index < -0.39 is 25.7 Å². The summed E-state index contributed by atoms with van der Waals surface area (Å²) in [6, 6.07) is 3.57. The van der Waals surface area contributed by atoms with Crippen molar-refractivity contribution < 1.29 is 33.4 Å². The highest BCUT2D eigenvalue weighted by Crippen LogP contribution is 2.61. The summed E-state index contributed by atoms with van der Waals surface area (Å²) in [6.45, 7) is -4.11. The van der Waals surface area contributed by atoms with Gasteiger partial charge in [-0.3, -0.25) is 13.8 Å². The van der Waals surface area contributed by atoms with Gasteiger partial charge in [0.25, 0.3) is 5.91 Å². The minimum Gasteiger partial charge on any atom is -0.394 e. The molecule has 0 radical (unpaired) electrons. The number of rotatable bonds is 15. The van der Waals surface area contributed by atoms with Crippen molar-refractivity contribution in [3.8, 4) is 0 Å². The zero-order valence-corrected chi connectivity index (χ0v) is 17.6. The molecule has 0 aliphatic carbocycles. The maximum Gasteiger partial charge on any atom is 0.389 e. The van der Waals surface area contributed by atoms with Crippen LogP contribution in [0.5, 0.6) is 0 Å². The van der Waals surface area contributed by atoms with E-state index in [4.69, 9.17) is 24.6 Å². The van der Waals surface area contributed by atoms with E-state index in [1.165, 1.54) is 18.4 Å². The Kier molecular flexibility index (Phi) is 12.4. The molecular weight excluding hydrogens is 415 g/mol. The lowest BCUT2D eigenvalue weighted by atomic mass is 10.3. The molecule has 0 saturated heterocycles. The summed E-state index contributed by atoms with van der Waals surface area (Å²) >= 11 is 2.33. The third-order valence-corrected chi connectivity index (χ3v) is 8.03. The first-order valence-corrected chi connectivity index (χ1v) is 12.4. The highest BCUT2D eigenvalue weighted by atomic mass is 32.7. The molecule has 0 saturated carbocycles. The first-order valence-electron chi connectivity index (χ1n) is 8.35. The average molecular weight is 442 g/mol. The van der Waals surface area contributed by atoms with E-state index in [9.17, 15) is 14.5 Å². The second-order valence-corrected chi connectivity index (χ2v) is 10.4. The molecule has 156 valence electrons. The summed E-state index contributed by atoms with van der Waals surface area (Å²) in [5, 5.41) is 22.9. The number of carbonyl (C=O) groups is 1. The van der Waals surface area contributed by atoms with Crippen molar-refractivity contribution in [2.75, 3.05) is 39.2 Å². The van der Waals surface area contributed by atoms with E-state index in [2.05, 4.69) is 5.32 Å². The number of aliphatic hydroxyl groups excluding tert-OH is 2. The molecule has 1 rings (SSSR count). The van der Waals surface area contributed by atoms with Crippen molar-refractivity contribution >= 4 is 35.4 Å². The van der Waals surface area contributed by atoms with Crippen molar-refractivity contribution in [2.45, 2.75) is 25.2 Å². The Morgan fingerprint density at radius 3 is 2.81 bits per heavy atom. The zero-order valence-electron chi connectivity index (χ0n) is 15.1. The van der Waals surface area contributed by atoms with Gasteiger partial charge in [-0.05, 0) is 35.7 Å². The van der Waals surface area contributed by atoms with Crippen LogP contribution in [-0.4, -0.2) is 67.7 Å². The molecule has 0 spiro atoms. The van der Waals surface area contributed by atoms with Gasteiger partial charge < -0.3 is 26.0 Å². The number of hydrogen-bond donors (Lipinski definition) is 4. The van der Waals surface area contributed by atoms with Crippen molar-refractivity contribution in [3.63, 3.8) is 0 Å². The molecule has 9 nitrogen and oxygen atoms in total. The van der Waals surface area contributed by atoms with Gasteiger partial charge in [-0.2, -0.15) is 0 Å². The lowest BCUT2D eigenvalue weighted by molar-refractivity contribution is -0.0252. The zero-order chi connectivity index (χ0) is 20.1. The molecule has 1 aromatic rings. The molecule has 27 heavy (non-hydrogen) atoms. The summed E-state index contributed by atoms with van der Waals surface area (Å²) in [7, 11) is 1.34. The van der Waals surface area contributed by atoms with Crippen molar-refractivity contribution in [3.05, 3.63) is 22.4 Å². The van der Waals surface area contributed by atoms with Crippen molar-refractivity contribution in [1.82, 2.24) is 5.32 Å². The van der Waals surface area contributed by atoms with Gasteiger partial charge in [0.05, 0.1) is 24.7 Å². The van der Waals surface area contributed by atoms with Crippen LogP contribution < -0.4 is 11.1 Å². The van der Waals surface area contributed by atoms with Crippen LogP contribution in [0, 0.1) is 0 Å². The Hall–Kier alpha value is -0.490. The maximum atomic E-state index is 12.8. The van der Waals surface area contributed by atoms with Gasteiger partial charge in [-0.25, -0.2) is 4.57 Å². The van der Waals surface area contributed by atoms with Crippen LogP contribution in [0.25, 0.3) is 0 Å². The predicted octanol–water partition coefficient (Wildman–Crippen LogP) is 1.42. The van der Waals surface area contributed by atoms with Gasteiger partial charge in [-0.15, -0.1) is 11.3 Å². The van der Waals surface area contributed by atoms with E-state index >= 15 is 0 Å². The van der Waals surface area contributed by atoms with Gasteiger partial charge in [0.1, 0.15) is 12.3 Å². The number of carbonyl (C=O) groups excluding carboxylic acids is 1. The third kappa shape index (κ3) is 9.51. The first kappa shape index (κ1) is 24.5. The van der Waals surface area contributed by atoms with E-state index in [0.29, 0.717) is 30.0 Å². The number of thiophene rings is 1. The minimum absolute atomic E-state index is 0.114. The van der Waals surface area contributed by atoms with E-state index in [1.807, 2.05) is 11.4 Å².